The van der Waals surface area contributed by atoms with Gasteiger partial charge < -0.3 is 11.5 Å². The Labute approximate surface area is 153 Å². The molecule has 1 aromatic carbocycles. The Morgan fingerprint density at radius 1 is 1.15 bits per heavy atom. The zero-order valence-corrected chi connectivity index (χ0v) is 15.7. The maximum atomic E-state index is 6.14. The highest BCUT2D eigenvalue weighted by Gasteiger charge is 2.28. The molecular weight excluding hydrogens is 326 g/mol. The number of nitrogen functional groups attached to an aromatic ring is 2. The van der Waals surface area contributed by atoms with Crippen LogP contribution in [0.5, 0.6) is 0 Å². The predicted molar refractivity (Wildman–Crippen MR) is 104 cm³/mol. The molecule has 26 heavy (non-hydrogen) atoms. The van der Waals surface area contributed by atoms with Gasteiger partial charge in [0.15, 0.2) is 11.5 Å². The molecule has 7 nitrogen and oxygen atoms in total. The van der Waals surface area contributed by atoms with Crippen LogP contribution >= 0.6 is 0 Å². The lowest BCUT2D eigenvalue weighted by Gasteiger charge is -2.37. The molecule has 0 saturated heterocycles. The molecule has 1 aliphatic rings. The van der Waals surface area contributed by atoms with Crippen LogP contribution in [-0.4, -0.2) is 38.2 Å². The van der Waals surface area contributed by atoms with E-state index in [9.17, 15) is 0 Å². The summed E-state index contributed by atoms with van der Waals surface area (Å²) in [6, 6.07) is 6.95. The van der Waals surface area contributed by atoms with E-state index in [1.807, 2.05) is 7.05 Å². The van der Waals surface area contributed by atoms with Gasteiger partial charge in [-0.25, -0.2) is 9.67 Å². The van der Waals surface area contributed by atoms with E-state index in [1.165, 1.54) is 11.1 Å². The molecular formula is C19H25N7. The van der Waals surface area contributed by atoms with Crippen molar-refractivity contribution in [2.24, 2.45) is 13.0 Å². The van der Waals surface area contributed by atoms with Crippen molar-refractivity contribution in [3.8, 4) is 11.3 Å². The zero-order chi connectivity index (χ0) is 18.6. The average Bonchev–Trinajstić information content (AvgIpc) is 2.87. The number of aromatic nitrogens is 4. The van der Waals surface area contributed by atoms with Crippen molar-refractivity contribution in [1.82, 2.24) is 24.6 Å². The second-order valence-electron chi connectivity index (χ2n) is 7.47. The van der Waals surface area contributed by atoms with E-state index >= 15 is 0 Å². The van der Waals surface area contributed by atoms with E-state index in [1.54, 1.807) is 4.68 Å². The van der Waals surface area contributed by atoms with Crippen molar-refractivity contribution in [2.45, 2.75) is 26.3 Å². The topological polar surface area (TPSA) is 98.9 Å². The van der Waals surface area contributed by atoms with Gasteiger partial charge in [-0.15, -0.1) is 0 Å². The summed E-state index contributed by atoms with van der Waals surface area (Å²) in [5.41, 5.74) is 17.3. The van der Waals surface area contributed by atoms with Crippen molar-refractivity contribution >= 4 is 22.8 Å². The SMILES string of the molecule is CC(C)C1c2cc(-c3nc(N)nc4c3c(N)nn4C)ccc2CCN1C. The van der Waals surface area contributed by atoms with Gasteiger partial charge >= 0.3 is 0 Å². The van der Waals surface area contributed by atoms with Gasteiger partial charge in [0.05, 0.1) is 11.1 Å². The van der Waals surface area contributed by atoms with Crippen molar-refractivity contribution in [3.05, 3.63) is 29.3 Å². The molecule has 4 rings (SSSR count). The minimum Gasteiger partial charge on any atom is -0.382 e. The number of hydrogen-bond acceptors (Lipinski definition) is 6. The molecule has 1 unspecified atom stereocenters. The van der Waals surface area contributed by atoms with Gasteiger partial charge in [-0.05, 0) is 36.6 Å². The number of nitrogens with two attached hydrogens (primary N) is 2. The van der Waals surface area contributed by atoms with Crippen molar-refractivity contribution in [3.63, 3.8) is 0 Å². The maximum Gasteiger partial charge on any atom is 0.222 e. The number of anilines is 2. The lowest BCUT2D eigenvalue weighted by atomic mass is 9.85. The Hall–Kier alpha value is -2.67. The van der Waals surface area contributed by atoms with Crippen LogP contribution in [0.15, 0.2) is 18.2 Å². The summed E-state index contributed by atoms with van der Waals surface area (Å²) in [6.45, 7) is 5.61. The Morgan fingerprint density at radius 2 is 1.92 bits per heavy atom. The number of aryl methyl sites for hydroxylation is 1. The first-order valence-corrected chi connectivity index (χ1v) is 8.96. The fourth-order valence-electron chi connectivity index (χ4n) is 4.19. The third-order valence-electron chi connectivity index (χ3n) is 5.31. The van der Waals surface area contributed by atoms with E-state index in [0.29, 0.717) is 23.4 Å². The van der Waals surface area contributed by atoms with E-state index in [2.05, 4.69) is 59.1 Å². The van der Waals surface area contributed by atoms with Crippen LogP contribution in [-0.2, 0) is 13.5 Å². The highest BCUT2D eigenvalue weighted by Crippen LogP contribution is 2.38. The number of rotatable bonds is 2. The third-order valence-corrected chi connectivity index (χ3v) is 5.31. The molecule has 0 amide bonds. The normalized spacial score (nSPS) is 17.8. The molecule has 136 valence electrons. The smallest absolute Gasteiger partial charge is 0.222 e. The van der Waals surface area contributed by atoms with Crippen molar-refractivity contribution < 1.29 is 0 Å². The van der Waals surface area contributed by atoms with Gasteiger partial charge in [0.2, 0.25) is 5.95 Å². The van der Waals surface area contributed by atoms with E-state index < -0.39 is 0 Å². The third kappa shape index (κ3) is 2.50. The molecule has 0 spiro atoms. The maximum absolute atomic E-state index is 6.14. The number of hydrogen-bond donors (Lipinski definition) is 2. The molecule has 7 heteroatoms. The standard InChI is InChI=1S/C19H25N7/c1-10(2)16-13-9-12(6-5-11(13)7-8-25(16)3)15-14-17(20)24-26(4)18(14)23-19(21)22-15/h5-6,9-10,16H,7-8H2,1-4H3,(H2,20,24)(H2,21,22,23). The van der Waals surface area contributed by atoms with Crippen LogP contribution in [0.25, 0.3) is 22.3 Å². The first-order chi connectivity index (χ1) is 12.4. The monoisotopic (exact) mass is 351 g/mol. The molecule has 0 fully saturated rings. The molecule has 0 saturated carbocycles. The van der Waals surface area contributed by atoms with Crippen LogP contribution in [0.1, 0.15) is 31.0 Å². The Bertz CT molecular complexity index is 989. The summed E-state index contributed by atoms with van der Waals surface area (Å²) in [6.07, 6.45) is 1.06. The number of benzene rings is 1. The minimum absolute atomic E-state index is 0.228. The average molecular weight is 351 g/mol. The van der Waals surface area contributed by atoms with Crippen molar-refractivity contribution in [2.75, 3.05) is 25.1 Å². The molecule has 0 radical (unpaired) electrons. The quantitative estimate of drug-likeness (QED) is 0.735. The van der Waals surface area contributed by atoms with Crippen LogP contribution < -0.4 is 11.5 Å². The molecule has 0 bridgehead atoms. The number of likely N-dealkylation sites (N-methyl/N-ethyl adjacent to an activating group) is 1. The van der Waals surface area contributed by atoms with E-state index in [4.69, 9.17) is 11.5 Å². The summed E-state index contributed by atoms with van der Waals surface area (Å²) >= 11 is 0. The van der Waals surface area contributed by atoms with Crippen LogP contribution in [0.2, 0.25) is 0 Å². The highest BCUT2D eigenvalue weighted by molar-refractivity contribution is 5.99. The fourth-order valence-corrected chi connectivity index (χ4v) is 4.19. The van der Waals surface area contributed by atoms with Crippen LogP contribution in [0, 0.1) is 5.92 Å². The fraction of sp³-hybridized carbons (Fsp3) is 0.421. The first kappa shape index (κ1) is 16.8. The second kappa shape index (κ2) is 5.95. The van der Waals surface area contributed by atoms with E-state index in [0.717, 1.165) is 29.6 Å². The van der Waals surface area contributed by atoms with Gasteiger partial charge in [0.25, 0.3) is 0 Å². The molecule has 0 aliphatic carbocycles. The lowest BCUT2D eigenvalue weighted by Crippen LogP contribution is -2.35. The summed E-state index contributed by atoms with van der Waals surface area (Å²) in [5, 5.41) is 5.04. The number of fused-ring (bicyclic) bond motifs is 2. The van der Waals surface area contributed by atoms with Gasteiger partial charge in [-0.2, -0.15) is 10.1 Å². The molecule has 1 aliphatic heterocycles. The second-order valence-corrected chi connectivity index (χ2v) is 7.47. The minimum atomic E-state index is 0.228. The van der Waals surface area contributed by atoms with Crippen LogP contribution in [0.4, 0.5) is 11.8 Å². The Balaban J connectivity index is 1.95. The van der Waals surface area contributed by atoms with Gasteiger partial charge in [0, 0.05) is 25.2 Å². The molecule has 2 aromatic heterocycles. The summed E-state index contributed by atoms with van der Waals surface area (Å²) in [7, 11) is 4.01. The molecule has 1 atom stereocenters. The predicted octanol–water partition coefficient (Wildman–Crippen LogP) is 2.38. The number of nitrogens with zero attached hydrogens (tertiary/aromatic N) is 5. The largest absolute Gasteiger partial charge is 0.382 e. The van der Waals surface area contributed by atoms with Gasteiger partial charge in [-0.3, -0.25) is 4.90 Å². The molecule has 3 heterocycles. The van der Waals surface area contributed by atoms with Crippen molar-refractivity contribution in [1.29, 1.82) is 0 Å². The Morgan fingerprint density at radius 3 is 2.65 bits per heavy atom. The van der Waals surface area contributed by atoms with Gasteiger partial charge in [0.1, 0.15) is 0 Å². The highest BCUT2D eigenvalue weighted by atomic mass is 15.3. The summed E-state index contributed by atoms with van der Waals surface area (Å²) in [5.74, 6) is 1.17. The lowest BCUT2D eigenvalue weighted by molar-refractivity contribution is 0.181. The van der Waals surface area contributed by atoms with Crippen LogP contribution in [0.3, 0.4) is 0 Å². The molecule has 4 N–H and O–H groups in total. The van der Waals surface area contributed by atoms with Gasteiger partial charge in [-0.1, -0.05) is 26.0 Å². The summed E-state index contributed by atoms with van der Waals surface area (Å²) in [4.78, 5) is 11.2. The van der Waals surface area contributed by atoms with E-state index in [-0.39, 0.29) is 5.95 Å². The summed E-state index contributed by atoms with van der Waals surface area (Å²) < 4.78 is 1.65. The first-order valence-electron chi connectivity index (χ1n) is 8.96. The molecule has 3 aromatic rings. The zero-order valence-electron chi connectivity index (χ0n) is 15.7. The Kier molecular flexibility index (Phi) is 3.84.